The molecule has 3 nitrogen and oxygen atoms in total. The SMILES string of the molecule is CC(=O)N1CCc2ccc(C3CCNCC3)cc21. The molecular weight excluding hydrogens is 224 g/mol. The van der Waals surface area contributed by atoms with Gasteiger partial charge in [-0.15, -0.1) is 0 Å². The molecule has 0 bridgehead atoms. The second kappa shape index (κ2) is 4.73. The Morgan fingerprint density at radius 2 is 2.11 bits per heavy atom. The molecule has 0 aliphatic carbocycles. The van der Waals surface area contributed by atoms with Crippen molar-refractivity contribution in [3.05, 3.63) is 29.3 Å². The lowest BCUT2D eigenvalue weighted by Gasteiger charge is -2.24. The lowest BCUT2D eigenvalue weighted by atomic mass is 9.89. The number of carbonyl (C=O) groups is 1. The number of fused-ring (bicyclic) bond motifs is 1. The van der Waals surface area contributed by atoms with E-state index < -0.39 is 0 Å². The summed E-state index contributed by atoms with van der Waals surface area (Å²) in [5.41, 5.74) is 3.88. The molecule has 1 amide bonds. The molecule has 2 aliphatic heterocycles. The van der Waals surface area contributed by atoms with Crippen LogP contribution in [0.4, 0.5) is 5.69 Å². The molecule has 1 aromatic rings. The van der Waals surface area contributed by atoms with Crippen molar-refractivity contribution in [3.8, 4) is 0 Å². The predicted octanol–water partition coefficient (Wildman–Crippen LogP) is 2.06. The van der Waals surface area contributed by atoms with E-state index in [1.54, 1.807) is 6.92 Å². The maximum absolute atomic E-state index is 11.6. The molecule has 2 aliphatic rings. The zero-order valence-corrected chi connectivity index (χ0v) is 10.9. The Bertz CT molecular complexity index is 464. The van der Waals surface area contributed by atoms with Crippen LogP contribution >= 0.6 is 0 Å². The number of amides is 1. The third-order valence-electron chi connectivity index (χ3n) is 4.20. The van der Waals surface area contributed by atoms with E-state index in [4.69, 9.17) is 0 Å². The summed E-state index contributed by atoms with van der Waals surface area (Å²) in [6, 6.07) is 6.73. The number of piperidine rings is 1. The fourth-order valence-corrected chi connectivity index (χ4v) is 3.13. The van der Waals surface area contributed by atoms with E-state index >= 15 is 0 Å². The van der Waals surface area contributed by atoms with Crippen LogP contribution in [0.25, 0.3) is 0 Å². The Morgan fingerprint density at radius 3 is 2.83 bits per heavy atom. The number of hydrogen-bond acceptors (Lipinski definition) is 2. The largest absolute Gasteiger partial charge is 0.317 e. The quantitative estimate of drug-likeness (QED) is 0.820. The normalized spacial score (nSPS) is 19.9. The zero-order valence-electron chi connectivity index (χ0n) is 10.9. The van der Waals surface area contributed by atoms with Crippen LogP contribution in [0.2, 0.25) is 0 Å². The van der Waals surface area contributed by atoms with Gasteiger partial charge in [-0.2, -0.15) is 0 Å². The number of nitrogens with one attached hydrogen (secondary N) is 1. The van der Waals surface area contributed by atoms with Crippen LogP contribution in [-0.2, 0) is 11.2 Å². The summed E-state index contributed by atoms with van der Waals surface area (Å²) >= 11 is 0. The van der Waals surface area contributed by atoms with Gasteiger partial charge in [0.1, 0.15) is 0 Å². The van der Waals surface area contributed by atoms with Gasteiger partial charge >= 0.3 is 0 Å². The Hall–Kier alpha value is -1.35. The van der Waals surface area contributed by atoms with Gasteiger partial charge < -0.3 is 10.2 Å². The molecular formula is C15H20N2O. The van der Waals surface area contributed by atoms with Crippen LogP contribution < -0.4 is 10.2 Å². The number of hydrogen-bond donors (Lipinski definition) is 1. The number of rotatable bonds is 1. The van der Waals surface area contributed by atoms with E-state index in [2.05, 4.69) is 23.5 Å². The summed E-state index contributed by atoms with van der Waals surface area (Å²) in [5, 5.41) is 3.40. The number of benzene rings is 1. The molecule has 0 aromatic heterocycles. The molecule has 18 heavy (non-hydrogen) atoms. The summed E-state index contributed by atoms with van der Waals surface area (Å²) in [6.07, 6.45) is 3.42. The third kappa shape index (κ3) is 2.03. The number of carbonyl (C=O) groups excluding carboxylic acids is 1. The molecule has 96 valence electrons. The Kier molecular flexibility index (Phi) is 3.08. The minimum atomic E-state index is 0.163. The maximum atomic E-state index is 11.6. The van der Waals surface area contributed by atoms with E-state index in [0.717, 1.165) is 31.7 Å². The molecule has 0 radical (unpaired) electrons. The molecule has 1 saturated heterocycles. The summed E-state index contributed by atoms with van der Waals surface area (Å²) in [6.45, 7) is 4.73. The smallest absolute Gasteiger partial charge is 0.223 e. The van der Waals surface area contributed by atoms with Crippen LogP contribution in [0, 0.1) is 0 Å². The van der Waals surface area contributed by atoms with Crippen LogP contribution in [-0.4, -0.2) is 25.5 Å². The molecule has 3 rings (SSSR count). The van der Waals surface area contributed by atoms with E-state index in [1.165, 1.54) is 24.0 Å². The number of nitrogens with zero attached hydrogens (tertiary/aromatic N) is 1. The van der Waals surface area contributed by atoms with Gasteiger partial charge in [-0.05, 0) is 55.5 Å². The minimum absolute atomic E-state index is 0.163. The summed E-state index contributed by atoms with van der Waals surface area (Å²) < 4.78 is 0. The van der Waals surface area contributed by atoms with E-state index in [9.17, 15) is 4.79 Å². The molecule has 1 aromatic carbocycles. The highest BCUT2D eigenvalue weighted by Gasteiger charge is 2.24. The fraction of sp³-hybridized carbons (Fsp3) is 0.533. The first-order valence-electron chi connectivity index (χ1n) is 6.87. The van der Waals surface area contributed by atoms with Crippen molar-refractivity contribution >= 4 is 11.6 Å². The van der Waals surface area contributed by atoms with Gasteiger partial charge in [-0.25, -0.2) is 0 Å². The number of anilines is 1. The minimum Gasteiger partial charge on any atom is -0.317 e. The monoisotopic (exact) mass is 244 g/mol. The van der Waals surface area contributed by atoms with Crippen molar-refractivity contribution in [1.82, 2.24) is 5.32 Å². The zero-order chi connectivity index (χ0) is 12.5. The van der Waals surface area contributed by atoms with Crippen molar-refractivity contribution in [2.45, 2.75) is 32.1 Å². The lowest BCUT2D eigenvalue weighted by molar-refractivity contribution is -0.116. The van der Waals surface area contributed by atoms with E-state index in [0.29, 0.717) is 5.92 Å². The van der Waals surface area contributed by atoms with Gasteiger partial charge in [0.25, 0.3) is 0 Å². The highest BCUT2D eigenvalue weighted by atomic mass is 16.2. The van der Waals surface area contributed by atoms with Crippen molar-refractivity contribution < 1.29 is 4.79 Å². The van der Waals surface area contributed by atoms with Crippen molar-refractivity contribution in [1.29, 1.82) is 0 Å². The standard InChI is InChI=1S/C15H20N2O/c1-11(18)17-9-6-13-2-3-14(10-15(13)17)12-4-7-16-8-5-12/h2-3,10,12,16H,4-9H2,1H3. The van der Waals surface area contributed by atoms with Crippen LogP contribution in [0.1, 0.15) is 36.8 Å². The van der Waals surface area contributed by atoms with Crippen molar-refractivity contribution in [2.75, 3.05) is 24.5 Å². The van der Waals surface area contributed by atoms with Crippen LogP contribution in [0.5, 0.6) is 0 Å². The first-order valence-corrected chi connectivity index (χ1v) is 6.87. The van der Waals surface area contributed by atoms with Crippen molar-refractivity contribution in [3.63, 3.8) is 0 Å². The molecule has 1 fully saturated rings. The molecule has 0 atom stereocenters. The van der Waals surface area contributed by atoms with Gasteiger partial charge in [-0.1, -0.05) is 12.1 Å². The predicted molar refractivity (Wildman–Crippen MR) is 73.0 cm³/mol. The highest BCUT2D eigenvalue weighted by molar-refractivity contribution is 5.93. The average molecular weight is 244 g/mol. The summed E-state index contributed by atoms with van der Waals surface area (Å²) in [4.78, 5) is 13.5. The van der Waals surface area contributed by atoms with Crippen LogP contribution in [0.3, 0.4) is 0 Å². The molecule has 1 N–H and O–H groups in total. The van der Waals surface area contributed by atoms with Gasteiger partial charge in [0.2, 0.25) is 5.91 Å². The van der Waals surface area contributed by atoms with Crippen molar-refractivity contribution in [2.24, 2.45) is 0 Å². The van der Waals surface area contributed by atoms with Gasteiger partial charge in [0.15, 0.2) is 0 Å². The fourth-order valence-electron chi connectivity index (χ4n) is 3.13. The van der Waals surface area contributed by atoms with Gasteiger partial charge in [-0.3, -0.25) is 4.79 Å². The Labute approximate surface area is 108 Å². The lowest BCUT2D eigenvalue weighted by Crippen LogP contribution is -2.27. The maximum Gasteiger partial charge on any atom is 0.223 e. The topological polar surface area (TPSA) is 32.3 Å². The Balaban J connectivity index is 1.90. The molecule has 2 heterocycles. The second-order valence-electron chi connectivity index (χ2n) is 5.33. The Morgan fingerprint density at radius 1 is 1.33 bits per heavy atom. The first kappa shape index (κ1) is 11.7. The summed E-state index contributed by atoms with van der Waals surface area (Å²) in [7, 11) is 0. The van der Waals surface area contributed by atoms with Gasteiger partial charge in [0, 0.05) is 19.2 Å². The first-order chi connectivity index (χ1) is 8.75. The average Bonchev–Trinajstić information content (AvgIpc) is 2.82. The van der Waals surface area contributed by atoms with Gasteiger partial charge in [0.05, 0.1) is 0 Å². The van der Waals surface area contributed by atoms with Crippen LogP contribution in [0.15, 0.2) is 18.2 Å². The molecule has 0 saturated carbocycles. The molecule has 0 spiro atoms. The summed E-state index contributed by atoms with van der Waals surface area (Å²) in [5.74, 6) is 0.821. The molecule has 0 unspecified atom stereocenters. The highest BCUT2D eigenvalue weighted by Crippen LogP contribution is 2.34. The second-order valence-corrected chi connectivity index (χ2v) is 5.33. The third-order valence-corrected chi connectivity index (χ3v) is 4.20. The van der Waals surface area contributed by atoms with E-state index in [-0.39, 0.29) is 5.91 Å². The molecule has 3 heteroatoms. The van der Waals surface area contributed by atoms with E-state index in [1.807, 2.05) is 4.90 Å².